The van der Waals surface area contributed by atoms with Gasteiger partial charge >= 0.3 is 6.03 Å². The van der Waals surface area contributed by atoms with Crippen molar-refractivity contribution in [1.29, 1.82) is 0 Å². The van der Waals surface area contributed by atoms with Gasteiger partial charge in [0.1, 0.15) is 17.2 Å². The summed E-state index contributed by atoms with van der Waals surface area (Å²) >= 11 is 0. The number of phenols is 1. The van der Waals surface area contributed by atoms with Crippen LogP contribution in [-0.4, -0.2) is 52.1 Å². The molecule has 170 valence electrons. The molecule has 5 rings (SSSR count). The van der Waals surface area contributed by atoms with E-state index in [9.17, 15) is 9.90 Å². The summed E-state index contributed by atoms with van der Waals surface area (Å²) in [5, 5.41) is 12.3. The highest BCUT2D eigenvalue weighted by Crippen LogP contribution is 2.41. The number of hydrogen-bond donors (Lipinski definition) is 2. The lowest BCUT2D eigenvalue weighted by Gasteiger charge is -2.53. The van der Waals surface area contributed by atoms with Crippen LogP contribution in [0.4, 0.5) is 10.5 Å². The normalized spacial score (nSPS) is 17.4. The number of piperidine rings is 1. The quantitative estimate of drug-likeness (QED) is 0.596. The van der Waals surface area contributed by atoms with Crippen LogP contribution in [0.25, 0.3) is 0 Å². The van der Waals surface area contributed by atoms with Gasteiger partial charge in [-0.25, -0.2) is 4.79 Å². The minimum absolute atomic E-state index is 0.0403. The average molecular weight is 445 g/mol. The van der Waals surface area contributed by atoms with Crippen LogP contribution in [-0.2, 0) is 6.54 Å². The molecular formula is C26H28N4O3. The number of carbonyl (C=O) groups excluding carboxylic acids is 1. The third kappa shape index (κ3) is 5.09. The topological polar surface area (TPSA) is 77.9 Å². The van der Waals surface area contributed by atoms with Crippen molar-refractivity contribution in [2.45, 2.75) is 19.4 Å². The van der Waals surface area contributed by atoms with Crippen molar-refractivity contribution < 1.29 is 14.6 Å². The molecule has 7 nitrogen and oxygen atoms in total. The molecule has 2 aliphatic heterocycles. The number of nitrogens with one attached hydrogen (secondary N) is 1. The van der Waals surface area contributed by atoms with Gasteiger partial charge in [-0.05, 0) is 80.0 Å². The number of carbonyl (C=O) groups is 1. The summed E-state index contributed by atoms with van der Waals surface area (Å²) in [5.41, 5.74) is 2.20. The summed E-state index contributed by atoms with van der Waals surface area (Å²) in [6.07, 6.45) is 5.57. The summed E-state index contributed by atoms with van der Waals surface area (Å²) in [5.74, 6) is 1.72. The maximum absolute atomic E-state index is 12.5. The van der Waals surface area contributed by atoms with Gasteiger partial charge in [0.25, 0.3) is 0 Å². The molecular weight excluding hydrogens is 416 g/mol. The Kier molecular flexibility index (Phi) is 5.88. The highest BCUT2D eigenvalue weighted by atomic mass is 16.5. The monoisotopic (exact) mass is 444 g/mol. The first kappa shape index (κ1) is 21.3. The van der Waals surface area contributed by atoms with E-state index in [0.717, 1.165) is 57.0 Å². The van der Waals surface area contributed by atoms with Gasteiger partial charge in [-0.3, -0.25) is 9.88 Å². The Morgan fingerprint density at radius 1 is 1.03 bits per heavy atom. The highest BCUT2D eigenvalue weighted by Gasteiger charge is 2.46. The number of pyridine rings is 1. The molecule has 2 aliphatic rings. The smallest absolute Gasteiger partial charge is 0.321 e. The van der Waals surface area contributed by atoms with Crippen molar-refractivity contribution >= 4 is 11.7 Å². The molecule has 0 radical (unpaired) electrons. The lowest BCUT2D eigenvalue weighted by atomic mass is 9.72. The number of phenolic OH excluding ortho intramolecular Hbond substituents is 1. The Morgan fingerprint density at radius 2 is 1.82 bits per heavy atom. The zero-order valence-electron chi connectivity index (χ0n) is 18.5. The van der Waals surface area contributed by atoms with Crippen LogP contribution in [0, 0.1) is 5.41 Å². The Bertz CT molecular complexity index is 1090. The fourth-order valence-corrected chi connectivity index (χ4v) is 4.66. The number of rotatable bonds is 5. The highest BCUT2D eigenvalue weighted by molar-refractivity contribution is 5.89. The first-order valence-corrected chi connectivity index (χ1v) is 11.3. The number of urea groups is 1. The number of likely N-dealkylation sites (tertiary alicyclic amines) is 2. The van der Waals surface area contributed by atoms with Crippen LogP contribution >= 0.6 is 0 Å². The molecule has 2 amide bonds. The Morgan fingerprint density at radius 3 is 2.55 bits per heavy atom. The molecule has 2 fully saturated rings. The van der Waals surface area contributed by atoms with Crippen molar-refractivity contribution in [3.63, 3.8) is 0 Å². The molecule has 1 aromatic heterocycles. The van der Waals surface area contributed by atoms with Gasteiger partial charge in [0.2, 0.25) is 0 Å². The van der Waals surface area contributed by atoms with E-state index in [2.05, 4.69) is 27.3 Å². The van der Waals surface area contributed by atoms with E-state index in [4.69, 9.17) is 4.74 Å². The molecule has 3 heterocycles. The number of ether oxygens (including phenoxy) is 1. The first-order chi connectivity index (χ1) is 16.1. The molecule has 2 N–H and O–H groups in total. The van der Waals surface area contributed by atoms with Crippen molar-refractivity contribution in [1.82, 2.24) is 14.8 Å². The second kappa shape index (κ2) is 9.11. The van der Waals surface area contributed by atoms with Crippen LogP contribution < -0.4 is 10.1 Å². The molecule has 0 aliphatic carbocycles. The van der Waals surface area contributed by atoms with Crippen molar-refractivity contribution in [2.75, 3.05) is 31.5 Å². The summed E-state index contributed by atoms with van der Waals surface area (Å²) in [7, 11) is 0. The Balaban J connectivity index is 1.10. The predicted octanol–water partition coefficient (Wildman–Crippen LogP) is 4.71. The van der Waals surface area contributed by atoms with Gasteiger partial charge in [0.05, 0.1) is 11.9 Å². The molecule has 0 unspecified atom stereocenters. The zero-order valence-corrected chi connectivity index (χ0v) is 18.5. The fourth-order valence-electron chi connectivity index (χ4n) is 4.66. The van der Waals surface area contributed by atoms with Crippen LogP contribution in [0.5, 0.6) is 17.2 Å². The van der Waals surface area contributed by atoms with E-state index in [0.29, 0.717) is 5.75 Å². The number of hydrogen-bond acceptors (Lipinski definition) is 5. The molecule has 0 atom stereocenters. The first-order valence-electron chi connectivity index (χ1n) is 11.3. The molecule has 3 aromatic rings. The van der Waals surface area contributed by atoms with Gasteiger partial charge in [0, 0.05) is 31.2 Å². The lowest BCUT2D eigenvalue weighted by Crippen LogP contribution is -2.62. The zero-order chi connectivity index (χ0) is 22.7. The van der Waals surface area contributed by atoms with Gasteiger partial charge in [-0.2, -0.15) is 0 Å². The van der Waals surface area contributed by atoms with E-state index in [-0.39, 0.29) is 17.2 Å². The number of aromatic nitrogens is 1. The number of nitrogens with zero attached hydrogens (tertiary/aromatic N) is 3. The Hall–Kier alpha value is -3.58. The maximum Gasteiger partial charge on any atom is 0.321 e. The van der Waals surface area contributed by atoms with Crippen LogP contribution in [0.3, 0.4) is 0 Å². The largest absolute Gasteiger partial charge is 0.508 e. The number of amides is 2. The summed E-state index contributed by atoms with van der Waals surface area (Å²) in [6, 6.07) is 18.5. The summed E-state index contributed by atoms with van der Waals surface area (Å²) in [4.78, 5) is 20.9. The fraction of sp³-hybridized carbons (Fsp3) is 0.308. The van der Waals surface area contributed by atoms with E-state index in [1.165, 1.54) is 5.56 Å². The standard InChI is InChI=1S/C26H28N4O3/c31-22-6-8-23(9-7-22)33-24-5-1-3-20(15-24)17-29-13-10-26(11-14-29)18-30(19-26)25(32)28-21-4-2-12-27-16-21/h1-9,12,15-16,31H,10-11,13-14,17-19H2,(H,28,32). The third-order valence-corrected chi connectivity index (χ3v) is 6.55. The van der Waals surface area contributed by atoms with E-state index in [1.54, 1.807) is 36.7 Å². The predicted molar refractivity (Wildman–Crippen MR) is 126 cm³/mol. The SMILES string of the molecule is O=C(Nc1cccnc1)N1CC2(CCN(Cc3cccc(Oc4ccc(O)cc4)c3)CC2)C1. The molecule has 2 aromatic carbocycles. The molecule has 0 saturated carbocycles. The van der Waals surface area contributed by atoms with Crippen molar-refractivity contribution in [3.8, 4) is 17.2 Å². The molecule has 1 spiro atoms. The molecule has 2 saturated heterocycles. The van der Waals surface area contributed by atoms with Crippen molar-refractivity contribution in [2.24, 2.45) is 5.41 Å². The number of benzene rings is 2. The van der Waals surface area contributed by atoms with Crippen LogP contribution in [0.2, 0.25) is 0 Å². The lowest BCUT2D eigenvalue weighted by molar-refractivity contribution is -0.0200. The van der Waals surface area contributed by atoms with Crippen LogP contribution in [0.15, 0.2) is 73.1 Å². The Labute approximate surface area is 193 Å². The molecule has 33 heavy (non-hydrogen) atoms. The number of aromatic hydroxyl groups is 1. The van der Waals surface area contributed by atoms with Gasteiger partial charge in [0.15, 0.2) is 0 Å². The molecule has 7 heteroatoms. The van der Waals surface area contributed by atoms with E-state index in [1.807, 2.05) is 29.2 Å². The minimum Gasteiger partial charge on any atom is -0.508 e. The minimum atomic E-state index is -0.0403. The third-order valence-electron chi connectivity index (χ3n) is 6.55. The maximum atomic E-state index is 12.5. The molecule has 0 bridgehead atoms. The number of anilines is 1. The van der Waals surface area contributed by atoms with Gasteiger partial charge < -0.3 is 20.1 Å². The second-order valence-electron chi connectivity index (χ2n) is 9.05. The summed E-state index contributed by atoms with van der Waals surface area (Å²) in [6.45, 7) is 4.59. The average Bonchev–Trinajstić information content (AvgIpc) is 2.81. The van der Waals surface area contributed by atoms with Gasteiger partial charge in [-0.15, -0.1) is 0 Å². The van der Waals surface area contributed by atoms with E-state index < -0.39 is 0 Å². The van der Waals surface area contributed by atoms with Gasteiger partial charge in [-0.1, -0.05) is 12.1 Å². The van der Waals surface area contributed by atoms with Crippen molar-refractivity contribution in [3.05, 3.63) is 78.6 Å². The summed E-state index contributed by atoms with van der Waals surface area (Å²) < 4.78 is 5.92. The second-order valence-corrected chi connectivity index (χ2v) is 9.05. The van der Waals surface area contributed by atoms with Crippen LogP contribution in [0.1, 0.15) is 18.4 Å². The van der Waals surface area contributed by atoms with E-state index >= 15 is 0 Å².